The number of hydrogen-bond donors (Lipinski definition) is 2. The second-order valence-electron chi connectivity index (χ2n) is 4.45. The van der Waals surface area contributed by atoms with E-state index in [0.29, 0.717) is 6.04 Å². The molecule has 0 saturated carbocycles. The first-order chi connectivity index (χ1) is 7.88. The number of likely N-dealkylation sites (tertiary alicyclic amines) is 1. The van der Waals surface area contributed by atoms with Gasteiger partial charge in [-0.25, -0.2) is 4.98 Å². The van der Waals surface area contributed by atoms with Gasteiger partial charge in [0.25, 0.3) is 0 Å². The molecule has 4 nitrogen and oxygen atoms in total. The molecule has 1 aliphatic rings. The van der Waals surface area contributed by atoms with Gasteiger partial charge in [0.1, 0.15) is 5.82 Å². The van der Waals surface area contributed by atoms with Crippen molar-refractivity contribution in [2.45, 2.75) is 32.2 Å². The highest BCUT2D eigenvalue weighted by Gasteiger charge is 2.16. The number of nitrogens with zero attached hydrogens (tertiary/aromatic N) is 2. The van der Waals surface area contributed by atoms with E-state index in [1.54, 1.807) is 0 Å². The number of imidazole rings is 1. The number of aromatic nitrogens is 2. The second-order valence-corrected chi connectivity index (χ2v) is 4.45. The topological polar surface area (TPSA) is 44.0 Å². The van der Waals surface area contributed by atoms with Crippen LogP contribution in [-0.4, -0.2) is 47.1 Å². The van der Waals surface area contributed by atoms with Crippen LogP contribution in [0.1, 0.15) is 25.6 Å². The summed E-state index contributed by atoms with van der Waals surface area (Å²) < 4.78 is 0. The zero-order chi connectivity index (χ0) is 11.2. The van der Waals surface area contributed by atoms with E-state index >= 15 is 0 Å². The molecule has 1 aromatic rings. The lowest BCUT2D eigenvalue weighted by atomic mass is 10.1. The van der Waals surface area contributed by atoms with Crippen molar-refractivity contribution >= 4 is 0 Å². The second kappa shape index (κ2) is 6.01. The fraction of sp³-hybridized carbons (Fsp3) is 0.750. The summed E-state index contributed by atoms with van der Waals surface area (Å²) in [4.78, 5) is 9.87. The first kappa shape index (κ1) is 11.6. The Kier molecular flexibility index (Phi) is 4.36. The molecule has 2 rings (SSSR count). The molecule has 2 N–H and O–H groups in total. The summed E-state index contributed by atoms with van der Waals surface area (Å²) in [5.74, 6) is 1.08. The molecular formula is C12H22N4. The van der Waals surface area contributed by atoms with Crippen LogP contribution >= 0.6 is 0 Å². The lowest BCUT2D eigenvalue weighted by Gasteiger charge is -2.31. The van der Waals surface area contributed by atoms with Crippen molar-refractivity contribution in [2.24, 2.45) is 0 Å². The minimum Gasteiger partial charge on any atom is -0.349 e. The Hall–Kier alpha value is -0.870. The maximum Gasteiger partial charge on any atom is 0.107 e. The van der Waals surface area contributed by atoms with Crippen molar-refractivity contribution in [1.82, 2.24) is 20.2 Å². The van der Waals surface area contributed by atoms with Gasteiger partial charge in [-0.2, -0.15) is 0 Å². The van der Waals surface area contributed by atoms with Gasteiger partial charge in [-0.1, -0.05) is 6.92 Å². The number of H-pyrrole nitrogens is 1. The Morgan fingerprint density at radius 1 is 1.50 bits per heavy atom. The average molecular weight is 222 g/mol. The van der Waals surface area contributed by atoms with E-state index in [9.17, 15) is 0 Å². The van der Waals surface area contributed by atoms with E-state index in [1.165, 1.54) is 32.5 Å². The Balaban J connectivity index is 1.60. The van der Waals surface area contributed by atoms with Crippen LogP contribution < -0.4 is 5.32 Å². The molecular weight excluding hydrogens is 200 g/mol. The molecule has 1 aromatic heterocycles. The molecule has 4 heteroatoms. The zero-order valence-corrected chi connectivity index (χ0v) is 10.1. The van der Waals surface area contributed by atoms with Crippen LogP contribution in [0, 0.1) is 0 Å². The summed E-state index contributed by atoms with van der Waals surface area (Å²) >= 11 is 0. The third-order valence-electron chi connectivity index (χ3n) is 3.38. The van der Waals surface area contributed by atoms with Crippen molar-refractivity contribution in [3.8, 4) is 0 Å². The Morgan fingerprint density at radius 3 is 2.94 bits per heavy atom. The van der Waals surface area contributed by atoms with Crippen LogP contribution in [0.3, 0.4) is 0 Å². The predicted octanol–water partition coefficient (Wildman–Crippen LogP) is 1.03. The molecule has 0 unspecified atom stereocenters. The van der Waals surface area contributed by atoms with Crippen molar-refractivity contribution < 1.29 is 0 Å². The molecule has 0 bridgehead atoms. The predicted molar refractivity (Wildman–Crippen MR) is 65.4 cm³/mol. The average Bonchev–Trinajstić information content (AvgIpc) is 2.83. The van der Waals surface area contributed by atoms with Crippen molar-refractivity contribution in [3.05, 3.63) is 18.2 Å². The molecule has 0 aromatic carbocycles. The van der Waals surface area contributed by atoms with Crippen LogP contribution in [0.2, 0.25) is 0 Å². The third-order valence-corrected chi connectivity index (χ3v) is 3.38. The Labute approximate surface area is 97.4 Å². The van der Waals surface area contributed by atoms with E-state index in [4.69, 9.17) is 0 Å². The zero-order valence-electron chi connectivity index (χ0n) is 10.1. The lowest BCUT2D eigenvalue weighted by molar-refractivity contribution is 0.207. The number of hydrogen-bond acceptors (Lipinski definition) is 3. The smallest absolute Gasteiger partial charge is 0.107 e. The number of piperidine rings is 1. The van der Waals surface area contributed by atoms with E-state index in [0.717, 1.165) is 18.8 Å². The van der Waals surface area contributed by atoms with Crippen molar-refractivity contribution in [2.75, 3.05) is 26.2 Å². The summed E-state index contributed by atoms with van der Waals surface area (Å²) in [5.41, 5.74) is 0. The molecule has 1 aliphatic heterocycles. The SMILES string of the molecule is CCN1CCC(NCCc2ncc[nH]2)CC1. The van der Waals surface area contributed by atoms with Crippen LogP contribution in [0.15, 0.2) is 12.4 Å². The molecule has 0 radical (unpaired) electrons. The number of aromatic amines is 1. The van der Waals surface area contributed by atoms with Gasteiger partial charge in [0.05, 0.1) is 0 Å². The Bertz CT molecular complexity index is 275. The molecule has 2 heterocycles. The summed E-state index contributed by atoms with van der Waals surface area (Å²) in [7, 11) is 0. The summed E-state index contributed by atoms with van der Waals surface area (Å²) in [6, 6.07) is 0.706. The maximum atomic E-state index is 4.22. The van der Waals surface area contributed by atoms with Gasteiger partial charge >= 0.3 is 0 Å². The van der Waals surface area contributed by atoms with Crippen LogP contribution in [0.4, 0.5) is 0 Å². The van der Waals surface area contributed by atoms with E-state index in [2.05, 4.69) is 27.1 Å². The van der Waals surface area contributed by atoms with Gasteiger partial charge in [0.2, 0.25) is 0 Å². The summed E-state index contributed by atoms with van der Waals surface area (Å²) in [5, 5.41) is 3.62. The highest BCUT2D eigenvalue weighted by molar-refractivity contribution is 4.88. The highest BCUT2D eigenvalue weighted by Crippen LogP contribution is 2.09. The minimum absolute atomic E-state index is 0.706. The quantitative estimate of drug-likeness (QED) is 0.782. The van der Waals surface area contributed by atoms with Crippen LogP contribution in [0.25, 0.3) is 0 Å². The van der Waals surface area contributed by atoms with Crippen molar-refractivity contribution in [3.63, 3.8) is 0 Å². The molecule has 16 heavy (non-hydrogen) atoms. The van der Waals surface area contributed by atoms with Crippen LogP contribution in [-0.2, 0) is 6.42 Å². The fourth-order valence-electron chi connectivity index (χ4n) is 2.28. The molecule has 1 fully saturated rings. The van der Waals surface area contributed by atoms with Gasteiger partial charge in [-0.15, -0.1) is 0 Å². The van der Waals surface area contributed by atoms with E-state index < -0.39 is 0 Å². The molecule has 0 atom stereocenters. The van der Waals surface area contributed by atoms with Gasteiger partial charge in [-0.05, 0) is 32.5 Å². The number of rotatable bonds is 5. The van der Waals surface area contributed by atoms with Gasteiger partial charge in [0, 0.05) is 31.4 Å². The maximum absolute atomic E-state index is 4.22. The molecule has 0 amide bonds. The van der Waals surface area contributed by atoms with E-state index in [-0.39, 0.29) is 0 Å². The van der Waals surface area contributed by atoms with Crippen LogP contribution in [0.5, 0.6) is 0 Å². The number of nitrogens with one attached hydrogen (secondary N) is 2. The highest BCUT2D eigenvalue weighted by atomic mass is 15.1. The van der Waals surface area contributed by atoms with Gasteiger partial charge < -0.3 is 15.2 Å². The first-order valence-corrected chi connectivity index (χ1v) is 6.32. The summed E-state index contributed by atoms with van der Waals surface area (Å²) in [6.07, 6.45) is 7.27. The normalized spacial score (nSPS) is 19.1. The summed E-state index contributed by atoms with van der Waals surface area (Å²) in [6.45, 7) is 6.96. The molecule has 0 spiro atoms. The van der Waals surface area contributed by atoms with Gasteiger partial charge in [-0.3, -0.25) is 0 Å². The monoisotopic (exact) mass is 222 g/mol. The first-order valence-electron chi connectivity index (χ1n) is 6.32. The van der Waals surface area contributed by atoms with Gasteiger partial charge in [0.15, 0.2) is 0 Å². The largest absolute Gasteiger partial charge is 0.349 e. The van der Waals surface area contributed by atoms with Crippen molar-refractivity contribution in [1.29, 1.82) is 0 Å². The fourth-order valence-corrected chi connectivity index (χ4v) is 2.28. The Morgan fingerprint density at radius 2 is 2.31 bits per heavy atom. The molecule has 0 aliphatic carbocycles. The third kappa shape index (κ3) is 3.32. The minimum atomic E-state index is 0.706. The van der Waals surface area contributed by atoms with E-state index in [1.807, 2.05) is 12.4 Å². The lowest BCUT2D eigenvalue weighted by Crippen LogP contribution is -2.42. The molecule has 90 valence electrons. The standard InChI is InChI=1S/C12H22N4/c1-2-16-9-4-11(5-10-16)13-6-3-12-14-7-8-15-12/h7-8,11,13H,2-6,9-10H2,1H3,(H,14,15). The molecule has 1 saturated heterocycles.